The van der Waals surface area contributed by atoms with Gasteiger partial charge < -0.3 is 4.90 Å². The van der Waals surface area contributed by atoms with E-state index < -0.39 is 0 Å². The van der Waals surface area contributed by atoms with E-state index >= 15 is 0 Å². The van der Waals surface area contributed by atoms with E-state index in [1.807, 2.05) is 11.3 Å². The number of nitrogens with zero attached hydrogens (tertiary/aromatic N) is 1. The number of para-hydroxylation sites is 2. The zero-order chi connectivity index (χ0) is 34.4. The molecule has 0 bridgehead atoms. The fourth-order valence-electron chi connectivity index (χ4n) is 7.87. The number of anilines is 3. The van der Waals surface area contributed by atoms with Gasteiger partial charge in [0.15, 0.2) is 0 Å². The average Bonchev–Trinajstić information content (AvgIpc) is 3.61. The van der Waals surface area contributed by atoms with E-state index in [2.05, 4.69) is 205 Å². The van der Waals surface area contributed by atoms with Crippen molar-refractivity contribution in [2.45, 2.75) is 0 Å². The Morgan fingerprint density at radius 1 is 0.346 bits per heavy atom. The third-order valence-corrected chi connectivity index (χ3v) is 11.5. The Morgan fingerprint density at radius 3 is 1.75 bits per heavy atom. The predicted octanol–water partition coefficient (Wildman–Crippen LogP) is 14.8. The highest BCUT2D eigenvalue weighted by Gasteiger charge is 2.23. The Labute approximate surface area is 307 Å². The standard InChI is InChI=1S/C50H33NS/c1-3-15-34(16-4-1)35-29-31-37(32-30-35)40-22-11-12-27-46(40)51(38-19-5-2-6-20-38)47-33-45-49-43(41-25-13-18-36-17-7-8-21-39(36)41)26-14-28-48(49)52-50(45)44-24-10-9-23-42(44)47/h1-33H. The maximum absolute atomic E-state index is 2.46. The molecule has 0 atom stereocenters. The Hall–Kier alpha value is -6.48. The highest BCUT2D eigenvalue weighted by atomic mass is 32.1. The molecule has 2 heteroatoms. The summed E-state index contributed by atoms with van der Waals surface area (Å²) in [5, 5.41) is 7.62. The zero-order valence-corrected chi connectivity index (χ0v) is 29.2. The normalized spacial score (nSPS) is 11.5. The predicted molar refractivity (Wildman–Crippen MR) is 225 cm³/mol. The molecule has 0 aliphatic carbocycles. The first kappa shape index (κ1) is 30.4. The number of fused-ring (bicyclic) bond motifs is 6. The molecule has 0 unspecified atom stereocenters. The first-order chi connectivity index (χ1) is 25.8. The fourth-order valence-corrected chi connectivity index (χ4v) is 9.12. The molecule has 244 valence electrons. The van der Waals surface area contributed by atoms with Crippen molar-refractivity contribution in [3.05, 3.63) is 200 Å². The molecule has 0 saturated carbocycles. The van der Waals surface area contributed by atoms with Gasteiger partial charge in [0.25, 0.3) is 0 Å². The van der Waals surface area contributed by atoms with Crippen LogP contribution in [0.25, 0.3) is 75.1 Å². The molecule has 1 nitrogen and oxygen atoms in total. The van der Waals surface area contributed by atoms with Crippen LogP contribution in [0, 0.1) is 0 Å². The summed E-state index contributed by atoms with van der Waals surface area (Å²) in [6.07, 6.45) is 0. The molecule has 0 saturated heterocycles. The average molecular weight is 680 g/mol. The summed E-state index contributed by atoms with van der Waals surface area (Å²) < 4.78 is 2.62. The van der Waals surface area contributed by atoms with Crippen LogP contribution in [0.4, 0.5) is 17.1 Å². The summed E-state index contributed by atoms with van der Waals surface area (Å²) in [5.41, 5.74) is 10.8. The van der Waals surface area contributed by atoms with Crippen LogP contribution < -0.4 is 4.90 Å². The molecule has 10 rings (SSSR count). The van der Waals surface area contributed by atoms with Crippen molar-refractivity contribution < 1.29 is 0 Å². The van der Waals surface area contributed by atoms with E-state index in [0.29, 0.717) is 0 Å². The third-order valence-electron chi connectivity index (χ3n) is 10.3. The summed E-state index contributed by atoms with van der Waals surface area (Å²) in [6, 6.07) is 72.8. The van der Waals surface area contributed by atoms with E-state index in [1.54, 1.807) is 0 Å². The van der Waals surface area contributed by atoms with Crippen molar-refractivity contribution in [2.75, 3.05) is 4.90 Å². The topological polar surface area (TPSA) is 3.24 Å². The molecule has 10 aromatic rings. The summed E-state index contributed by atoms with van der Waals surface area (Å²) in [4.78, 5) is 2.46. The molecular formula is C50H33NS. The maximum Gasteiger partial charge on any atom is 0.0547 e. The molecule has 1 aromatic heterocycles. The van der Waals surface area contributed by atoms with Gasteiger partial charge in [0.05, 0.1) is 11.4 Å². The lowest BCUT2D eigenvalue weighted by atomic mass is 9.93. The minimum absolute atomic E-state index is 1.12. The van der Waals surface area contributed by atoms with Crippen molar-refractivity contribution in [1.82, 2.24) is 0 Å². The van der Waals surface area contributed by atoms with Gasteiger partial charge in [-0.05, 0) is 68.9 Å². The summed E-state index contributed by atoms with van der Waals surface area (Å²) in [7, 11) is 0. The van der Waals surface area contributed by atoms with Crippen LogP contribution in [0.2, 0.25) is 0 Å². The first-order valence-corrected chi connectivity index (χ1v) is 18.6. The van der Waals surface area contributed by atoms with Crippen LogP contribution in [0.1, 0.15) is 0 Å². The van der Waals surface area contributed by atoms with E-state index in [0.717, 1.165) is 17.1 Å². The van der Waals surface area contributed by atoms with E-state index in [9.17, 15) is 0 Å². The number of thiophene rings is 1. The molecule has 0 amide bonds. The van der Waals surface area contributed by atoms with Gasteiger partial charge in [0.2, 0.25) is 0 Å². The van der Waals surface area contributed by atoms with Crippen molar-refractivity contribution >= 4 is 70.1 Å². The lowest BCUT2D eigenvalue weighted by Crippen LogP contribution is -2.11. The highest BCUT2D eigenvalue weighted by molar-refractivity contribution is 7.26. The van der Waals surface area contributed by atoms with Gasteiger partial charge in [-0.15, -0.1) is 11.3 Å². The molecule has 0 radical (unpaired) electrons. The lowest BCUT2D eigenvalue weighted by Gasteiger charge is -2.29. The maximum atomic E-state index is 2.46. The van der Waals surface area contributed by atoms with Crippen LogP contribution in [0.15, 0.2) is 200 Å². The monoisotopic (exact) mass is 679 g/mol. The number of rotatable bonds is 6. The van der Waals surface area contributed by atoms with Crippen molar-refractivity contribution in [2.24, 2.45) is 0 Å². The molecule has 1 heterocycles. The largest absolute Gasteiger partial charge is 0.309 e. The van der Waals surface area contributed by atoms with Crippen molar-refractivity contribution in [3.63, 3.8) is 0 Å². The molecule has 0 N–H and O–H groups in total. The van der Waals surface area contributed by atoms with Crippen LogP contribution in [0.3, 0.4) is 0 Å². The van der Waals surface area contributed by atoms with E-state index in [-0.39, 0.29) is 0 Å². The second kappa shape index (κ2) is 12.7. The summed E-state index contributed by atoms with van der Waals surface area (Å²) >= 11 is 1.90. The highest BCUT2D eigenvalue weighted by Crippen LogP contribution is 2.50. The number of benzene rings is 9. The Balaban J connectivity index is 1.24. The molecule has 52 heavy (non-hydrogen) atoms. The molecule has 0 fully saturated rings. The zero-order valence-electron chi connectivity index (χ0n) is 28.4. The minimum Gasteiger partial charge on any atom is -0.309 e. The molecule has 0 aliphatic heterocycles. The Morgan fingerprint density at radius 2 is 0.923 bits per heavy atom. The molecule has 9 aromatic carbocycles. The van der Waals surface area contributed by atoms with Gasteiger partial charge in [0.1, 0.15) is 0 Å². The molecule has 0 aliphatic rings. The molecular weight excluding hydrogens is 647 g/mol. The SMILES string of the molecule is c1ccc(-c2ccc(-c3ccccc3N(c3ccccc3)c3cc4c(sc5cccc(-c6cccc7ccccc67)c54)c4ccccc34)cc2)cc1. The fraction of sp³-hybridized carbons (Fsp3) is 0. The van der Waals surface area contributed by atoms with Gasteiger partial charge in [-0.3, -0.25) is 0 Å². The van der Waals surface area contributed by atoms with Crippen LogP contribution in [0.5, 0.6) is 0 Å². The second-order valence-corrected chi connectivity index (χ2v) is 14.3. The van der Waals surface area contributed by atoms with Crippen molar-refractivity contribution in [3.8, 4) is 33.4 Å². The molecule has 0 spiro atoms. The van der Waals surface area contributed by atoms with E-state index in [1.165, 1.54) is 75.1 Å². The van der Waals surface area contributed by atoms with Gasteiger partial charge in [0, 0.05) is 42.2 Å². The Kier molecular flexibility index (Phi) is 7.41. The number of hydrogen-bond acceptors (Lipinski definition) is 2. The summed E-state index contributed by atoms with van der Waals surface area (Å²) in [6.45, 7) is 0. The van der Waals surface area contributed by atoms with E-state index in [4.69, 9.17) is 0 Å². The smallest absolute Gasteiger partial charge is 0.0547 e. The van der Waals surface area contributed by atoms with Gasteiger partial charge in [-0.2, -0.15) is 0 Å². The first-order valence-electron chi connectivity index (χ1n) is 17.8. The van der Waals surface area contributed by atoms with Crippen molar-refractivity contribution in [1.29, 1.82) is 0 Å². The summed E-state index contributed by atoms with van der Waals surface area (Å²) in [5.74, 6) is 0. The lowest BCUT2D eigenvalue weighted by molar-refractivity contribution is 1.30. The second-order valence-electron chi connectivity index (χ2n) is 13.3. The van der Waals surface area contributed by atoms with Crippen LogP contribution in [-0.2, 0) is 0 Å². The Bertz CT molecular complexity index is 2880. The third kappa shape index (κ3) is 5.07. The van der Waals surface area contributed by atoms with Gasteiger partial charge in [-0.25, -0.2) is 0 Å². The van der Waals surface area contributed by atoms with Crippen LogP contribution >= 0.6 is 11.3 Å². The number of hydrogen-bond donors (Lipinski definition) is 0. The van der Waals surface area contributed by atoms with Gasteiger partial charge >= 0.3 is 0 Å². The minimum atomic E-state index is 1.12. The quantitative estimate of drug-likeness (QED) is 0.169. The van der Waals surface area contributed by atoms with Crippen LogP contribution in [-0.4, -0.2) is 0 Å². The van der Waals surface area contributed by atoms with Gasteiger partial charge in [-0.1, -0.05) is 170 Å².